The van der Waals surface area contributed by atoms with Gasteiger partial charge in [0.1, 0.15) is 12.1 Å². The lowest BCUT2D eigenvalue weighted by molar-refractivity contribution is -0.144. The largest absolute Gasteiger partial charge is 0.342 e. The van der Waals surface area contributed by atoms with Gasteiger partial charge in [0.15, 0.2) is 0 Å². The molecule has 2 atom stereocenters. The summed E-state index contributed by atoms with van der Waals surface area (Å²) in [7, 11) is 0. The molecule has 2 aliphatic heterocycles. The number of hydrogen-bond donors (Lipinski definition) is 3. The number of nitrogens with two attached hydrogens (primary N) is 1. The topological polar surface area (TPSA) is 125 Å². The zero-order valence-corrected chi connectivity index (χ0v) is 24.2. The molecular formula is C31H38ClN5O4. The molecule has 5 rings (SSSR count). The average Bonchev–Trinajstić information content (AvgIpc) is 3.60. The van der Waals surface area contributed by atoms with Gasteiger partial charge in [0, 0.05) is 49.6 Å². The van der Waals surface area contributed by atoms with Crippen LogP contribution in [0.5, 0.6) is 0 Å². The van der Waals surface area contributed by atoms with Crippen LogP contribution in [0.4, 0.5) is 5.69 Å². The standard InChI is InChI=1S/C31H38ClN5O4/c1-20-16-23(6-7-24(20)32)34-29(40)25(10-14-33)35-30(41)26-17-21-4-2-3-5-22(21)18-37(26)28(39)9-8-27(38)36-15-13-31(19-36)11-12-31/h2-7,16,25-26H,8-15,17-19,33H2,1H3,(H,34,40)(H,35,41)/t25-,26-/m0/s1. The lowest BCUT2D eigenvalue weighted by Gasteiger charge is -2.37. The lowest BCUT2D eigenvalue weighted by atomic mass is 9.92. The molecule has 1 saturated carbocycles. The van der Waals surface area contributed by atoms with Crippen molar-refractivity contribution >= 4 is 40.9 Å². The number of fused-ring (bicyclic) bond motifs is 1. The highest BCUT2D eigenvalue weighted by Gasteiger charge is 2.48. The molecule has 41 heavy (non-hydrogen) atoms. The minimum Gasteiger partial charge on any atom is -0.342 e. The molecule has 0 radical (unpaired) electrons. The van der Waals surface area contributed by atoms with Crippen LogP contribution < -0.4 is 16.4 Å². The summed E-state index contributed by atoms with van der Waals surface area (Å²) in [6.07, 6.45) is 4.13. The number of halogens is 1. The zero-order chi connectivity index (χ0) is 29.1. The van der Waals surface area contributed by atoms with E-state index in [1.807, 2.05) is 36.1 Å². The van der Waals surface area contributed by atoms with Crippen molar-refractivity contribution in [2.45, 2.75) is 70.5 Å². The first kappa shape index (κ1) is 29.1. The third-order valence-electron chi connectivity index (χ3n) is 8.69. The van der Waals surface area contributed by atoms with Crippen LogP contribution in [0.3, 0.4) is 0 Å². The smallest absolute Gasteiger partial charge is 0.246 e. The monoisotopic (exact) mass is 579 g/mol. The van der Waals surface area contributed by atoms with Gasteiger partial charge < -0.3 is 26.2 Å². The van der Waals surface area contributed by atoms with Gasteiger partial charge in [-0.1, -0.05) is 35.9 Å². The second-order valence-electron chi connectivity index (χ2n) is 11.7. The van der Waals surface area contributed by atoms with E-state index < -0.39 is 23.9 Å². The molecular weight excluding hydrogens is 542 g/mol. The molecule has 4 amide bonds. The first-order chi connectivity index (χ1) is 19.7. The highest BCUT2D eigenvalue weighted by atomic mass is 35.5. The van der Waals surface area contributed by atoms with Crippen LogP contribution in [0.2, 0.25) is 5.02 Å². The van der Waals surface area contributed by atoms with Gasteiger partial charge in [0.05, 0.1) is 0 Å². The predicted octanol–water partition coefficient (Wildman–Crippen LogP) is 3.17. The fourth-order valence-electron chi connectivity index (χ4n) is 5.92. The predicted molar refractivity (Wildman–Crippen MR) is 157 cm³/mol. The molecule has 0 unspecified atom stereocenters. The summed E-state index contributed by atoms with van der Waals surface area (Å²) in [5.41, 5.74) is 9.45. The molecule has 1 saturated heterocycles. The fourth-order valence-corrected chi connectivity index (χ4v) is 6.04. The number of amides is 4. The van der Waals surface area contributed by atoms with Gasteiger partial charge in [-0.25, -0.2) is 0 Å². The Balaban J connectivity index is 1.26. The average molecular weight is 580 g/mol. The van der Waals surface area contributed by atoms with Crippen LogP contribution in [0.15, 0.2) is 42.5 Å². The number of aryl methyl sites for hydroxylation is 1. The van der Waals surface area contributed by atoms with E-state index in [1.54, 1.807) is 23.1 Å². The van der Waals surface area contributed by atoms with Crippen molar-refractivity contribution in [3.8, 4) is 0 Å². The van der Waals surface area contributed by atoms with Crippen LogP contribution in [0, 0.1) is 12.3 Å². The second-order valence-corrected chi connectivity index (χ2v) is 12.1. The molecule has 1 aliphatic carbocycles. The molecule has 218 valence electrons. The molecule has 1 spiro atoms. The maximum atomic E-state index is 13.7. The molecule has 2 aromatic rings. The Labute approximate surface area is 245 Å². The van der Waals surface area contributed by atoms with Gasteiger partial charge in [-0.3, -0.25) is 19.2 Å². The number of nitrogens with one attached hydrogen (secondary N) is 2. The fraction of sp³-hybridized carbons (Fsp3) is 0.484. The van der Waals surface area contributed by atoms with Crippen molar-refractivity contribution in [2.75, 3.05) is 25.0 Å². The van der Waals surface area contributed by atoms with E-state index in [4.69, 9.17) is 17.3 Å². The van der Waals surface area contributed by atoms with Gasteiger partial charge in [0.25, 0.3) is 0 Å². The number of carbonyl (C=O) groups excluding carboxylic acids is 4. The van der Waals surface area contributed by atoms with Crippen molar-refractivity contribution in [1.82, 2.24) is 15.1 Å². The normalized spacial score (nSPS) is 19.4. The van der Waals surface area contributed by atoms with Crippen LogP contribution in [-0.4, -0.2) is 65.1 Å². The Morgan fingerprint density at radius 1 is 1.05 bits per heavy atom. The van der Waals surface area contributed by atoms with E-state index in [2.05, 4.69) is 10.6 Å². The molecule has 9 nitrogen and oxygen atoms in total. The summed E-state index contributed by atoms with van der Waals surface area (Å²) >= 11 is 6.11. The van der Waals surface area contributed by atoms with Gasteiger partial charge in [0.2, 0.25) is 23.6 Å². The number of nitrogens with zero attached hydrogens (tertiary/aromatic N) is 2. The molecule has 2 aromatic carbocycles. The Bertz CT molecular complexity index is 1340. The van der Waals surface area contributed by atoms with Crippen LogP contribution in [0.25, 0.3) is 0 Å². The Kier molecular flexibility index (Phi) is 8.66. The van der Waals surface area contributed by atoms with Crippen molar-refractivity contribution in [3.05, 3.63) is 64.2 Å². The third-order valence-corrected chi connectivity index (χ3v) is 9.11. The number of anilines is 1. The van der Waals surface area contributed by atoms with Crippen molar-refractivity contribution in [2.24, 2.45) is 11.1 Å². The zero-order valence-electron chi connectivity index (χ0n) is 23.5. The van der Waals surface area contributed by atoms with E-state index in [1.165, 1.54) is 12.8 Å². The molecule has 10 heteroatoms. The molecule has 3 aliphatic rings. The number of likely N-dealkylation sites (tertiary alicyclic amines) is 1. The Hall–Kier alpha value is -3.43. The summed E-state index contributed by atoms with van der Waals surface area (Å²) in [6, 6.07) is 11.2. The number of rotatable bonds is 9. The van der Waals surface area contributed by atoms with Crippen LogP contribution in [-0.2, 0) is 32.1 Å². The summed E-state index contributed by atoms with van der Waals surface area (Å²) in [5, 5.41) is 6.27. The molecule has 2 fully saturated rings. The summed E-state index contributed by atoms with van der Waals surface area (Å²) < 4.78 is 0. The van der Waals surface area contributed by atoms with E-state index in [0.717, 1.165) is 36.2 Å². The van der Waals surface area contributed by atoms with Gasteiger partial charge >= 0.3 is 0 Å². The lowest BCUT2D eigenvalue weighted by Crippen LogP contribution is -2.56. The maximum absolute atomic E-state index is 13.7. The third kappa shape index (κ3) is 6.73. The van der Waals surface area contributed by atoms with E-state index in [-0.39, 0.29) is 44.2 Å². The second kappa shape index (κ2) is 12.2. The minimum absolute atomic E-state index is 0.00217. The van der Waals surface area contributed by atoms with E-state index in [9.17, 15) is 19.2 Å². The van der Waals surface area contributed by atoms with E-state index in [0.29, 0.717) is 22.5 Å². The van der Waals surface area contributed by atoms with Gasteiger partial charge in [-0.05, 0) is 79.5 Å². The maximum Gasteiger partial charge on any atom is 0.246 e. The SMILES string of the molecule is Cc1cc(NC(=O)[C@H](CCN)NC(=O)[C@@H]2Cc3ccccc3CN2C(=O)CCC(=O)N2CCC3(CC3)C2)ccc1Cl. The summed E-state index contributed by atoms with van der Waals surface area (Å²) in [4.78, 5) is 56.6. The van der Waals surface area contributed by atoms with Gasteiger partial charge in [-0.2, -0.15) is 0 Å². The molecule has 2 heterocycles. The highest BCUT2D eigenvalue weighted by Crippen LogP contribution is 2.52. The Morgan fingerprint density at radius 2 is 1.78 bits per heavy atom. The molecule has 4 N–H and O–H groups in total. The van der Waals surface area contributed by atoms with Crippen molar-refractivity contribution in [3.63, 3.8) is 0 Å². The summed E-state index contributed by atoms with van der Waals surface area (Å²) in [5.74, 6) is -1.07. The number of benzene rings is 2. The summed E-state index contributed by atoms with van der Waals surface area (Å²) in [6.45, 7) is 3.85. The van der Waals surface area contributed by atoms with Crippen molar-refractivity contribution in [1.29, 1.82) is 0 Å². The Morgan fingerprint density at radius 3 is 2.46 bits per heavy atom. The van der Waals surface area contributed by atoms with E-state index >= 15 is 0 Å². The quantitative estimate of drug-likeness (QED) is 0.421. The van der Waals surface area contributed by atoms with Gasteiger partial charge in [-0.15, -0.1) is 0 Å². The van der Waals surface area contributed by atoms with Crippen molar-refractivity contribution < 1.29 is 19.2 Å². The molecule has 0 aromatic heterocycles. The minimum atomic E-state index is -0.885. The highest BCUT2D eigenvalue weighted by molar-refractivity contribution is 6.31. The number of hydrogen-bond acceptors (Lipinski definition) is 5. The van der Waals surface area contributed by atoms with Crippen LogP contribution >= 0.6 is 11.6 Å². The first-order valence-electron chi connectivity index (χ1n) is 14.4. The number of carbonyl (C=O) groups is 4. The van der Waals surface area contributed by atoms with Crippen LogP contribution in [0.1, 0.15) is 55.2 Å². The first-order valence-corrected chi connectivity index (χ1v) is 14.8. The molecule has 0 bridgehead atoms.